The highest BCUT2D eigenvalue weighted by molar-refractivity contribution is 5.65. The first kappa shape index (κ1) is 25.3. The van der Waals surface area contributed by atoms with Crippen LogP contribution in [0.25, 0.3) is 0 Å². The first-order valence-corrected chi connectivity index (χ1v) is 11.7. The summed E-state index contributed by atoms with van der Waals surface area (Å²) in [5, 5.41) is 11.2. The molecule has 2 aromatic rings. The van der Waals surface area contributed by atoms with Gasteiger partial charge in [-0.05, 0) is 139 Å². The van der Waals surface area contributed by atoms with Crippen LogP contribution in [-0.4, -0.2) is 25.2 Å². The van der Waals surface area contributed by atoms with Gasteiger partial charge >= 0.3 is 0 Å². The third-order valence-electron chi connectivity index (χ3n) is 7.74. The molecule has 0 atom stereocenters. The first-order valence-electron chi connectivity index (χ1n) is 11.7. The molecule has 0 aliphatic carbocycles. The Balaban J connectivity index is 1.99. The molecule has 0 amide bonds. The second kappa shape index (κ2) is 9.65. The molecule has 0 fully saturated rings. The molecule has 0 aromatic heterocycles. The summed E-state index contributed by atoms with van der Waals surface area (Å²) in [5.41, 5.74) is 16.5. The molecule has 0 aliphatic heterocycles. The monoisotopic (exact) mass is 423 g/mol. The zero-order chi connectivity index (χ0) is 23.7. The molecule has 0 unspecified atom stereocenters. The van der Waals surface area contributed by atoms with Gasteiger partial charge in [0.15, 0.2) is 0 Å². The van der Waals surface area contributed by atoms with Gasteiger partial charge in [-0.1, -0.05) is 0 Å². The fourth-order valence-corrected chi connectivity index (χ4v) is 4.49. The van der Waals surface area contributed by atoms with Crippen LogP contribution < -0.4 is 16.0 Å². The van der Waals surface area contributed by atoms with Crippen LogP contribution in [0.15, 0.2) is 0 Å². The smallest absolute Gasteiger partial charge is 0.0405 e. The van der Waals surface area contributed by atoms with Crippen molar-refractivity contribution in [2.75, 3.05) is 30.3 Å². The second-order valence-corrected chi connectivity index (χ2v) is 10.1. The van der Waals surface area contributed by atoms with E-state index in [-0.39, 0.29) is 5.54 Å². The van der Waals surface area contributed by atoms with Crippen LogP contribution in [0.4, 0.5) is 11.4 Å². The van der Waals surface area contributed by atoms with Crippen molar-refractivity contribution in [3.8, 4) is 0 Å². The van der Waals surface area contributed by atoms with Crippen molar-refractivity contribution in [3.63, 3.8) is 0 Å². The van der Waals surface area contributed by atoms with E-state index in [4.69, 9.17) is 0 Å². The van der Waals surface area contributed by atoms with Crippen LogP contribution in [-0.2, 0) is 0 Å². The van der Waals surface area contributed by atoms with Crippen molar-refractivity contribution in [1.82, 2.24) is 5.32 Å². The molecule has 2 aromatic carbocycles. The van der Waals surface area contributed by atoms with E-state index in [1.54, 1.807) is 0 Å². The largest absolute Gasteiger partial charge is 0.383 e. The van der Waals surface area contributed by atoms with Crippen molar-refractivity contribution in [2.24, 2.45) is 0 Å². The van der Waals surface area contributed by atoms with Crippen LogP contribution in [0.5, 0.6) is 0 Å². The Bertz CT molecular complexity index is 909. The molecule has 3 heteroatoms. The van der Waals surface area contributed by atoms with E-state index >= 15 is 0 Å². The van der Waals surface area contributed by atoms with Crippen LogP contribution >= 0.6 is 0 Å². The fraction of sp³-hybridized carbons (Fsp3) is 0.571. The van der Waals surface area contributed by atoms with Gasteiger partial charge < -0.3 is 16.0 Å². The molecule has 2 rings (SSSR count). The minimum absolute atomic E-state index is 0.00352. The van der Waals surface area contributed by atoms with Crippen LogP contribution in [0, 0.1) is 69.2 Å². The number of anilines is 2. The molecule has 0 saturated heterocycles. The summed E-state index contributed by atoms with van der Waals surface area (Å²) < 4.78 is 0. The average molecular weight is 424 g/mol. The highest BCUT2D eigenvalue weighted by Gasteiger charge is 2.19. The maximum Gasteiger partial charge on any atom is 0.0405 e. The zero-order valence-corrected chi connectivity index (χ0v) is 22.1. The van der Waals surface area contributed by atoms with E-state index < -0.39 is 0 Å². The zero-order valence-electron chi connectivity index (χ0n) is 22.1. The number of hydrogen-bond donors (Lipinski definition) is 3. The maximum absolute atomic E-state index is 3.75. The van der Waals surface area contributed by atoms with Gasteiger partial charge in [0.05, 0.1) is 0 Å². The molecule has 31 heavy (non-hydrogen) atoms. The van der Waals surface area contributed by atoms with Crippen molar-refractivity contribution >= 4 is 11.4 Å². The SMILES string of the molecule is Cc1c(C)c(C)c(NCCNC(C)(C)CNc2c(C)c(C)c(C)c(C)c2C)c(C)c1C. The lowest BCUT2D eigenvalue weighted by molar-refractivity contribution is 0.417. The van der Waals surface area contributed by atoms with Crippen molar-refractivity contribution in [2.45, 2.75) is 88.6 Å². The molecule has 0 bridgehead atoms. The summed E-state index contributed by atoms with van der Waals surface area (Å²) in [5.74, 6) is 0. The Kier molecular flexibility index (Phi) is 7.86. The normalized spacial score (nSPS) is 11.7. The summed E-state index contributed by atoms with van der Waals surface area (Å²) in [6.45, 7) is 29.6. The van der Waals surface area contributed by atoms with Crippen LogP contribution in [0.3, 0.4) is 0 Å². The summed E-state index contributed by atoms with van der Waals surface area (Å²) in [7, 11) is 0. The molecular formula is C28H45N3. The number of benzene rings is 2. The molecule has 3 N–H and O–H groups in total. The molecule has 172 valence electrons. The fourth-order valence-electron chi connectivity index (χ4n) is 4.49. The van der Waals surface area contributed by atoms with Gasteiger partial charge in [0.2, 0.25) is 0 Å². The number of hydrogen-bond acceptors (Lipinski definition) is 3. The molecule has 0 radical (unpaired) electrons. The summed E-state index contributed by atoms with van der Waals surface area (Å²) >= 11 is 0. The van der Waals surface area contributed by atoms with Crippen LogP contribution in [0.2, 0.25) is 0 Å². The lowest BCUT2D eigenvalue weighted by Crippen LogP contribution is -2.47. The van der Waals surface area contributed by atoms with Gasteiger partial charge in [0.1, 0.15) is 0 Å². The van der Waals surface area contributed by atoms with Crippen molar-refractivity contribution in [1.29, 1.82) is 0 Å². The Hall–Kier alpha value is -2.00. The lowest BCUT2D eigenvalue weighted by atomic mass is 9.92. The van der Waals surface area contributed by atoms with Gasteiger partial charge in [-0.15, -0.1) is 0 Å². The van der Waals surface area contributed by atoms with Gasteiger partial charge in [-0.2, -0.15) is 0 Å². The Labute approximate surface area is 191 Å². The van der Waals surface area contributed by atoms with E-state index in [0.717, 1.165) is 19.6 Å². The Morgan fingerprint density at radius 1 is 0.452 bits per heavy atom. The average Bonchev–Trinajstić information content (AvgIpc) is 2.72. The molecule has 0 saturated carbocycles. The van der Waals surface area contributed by atoms with E-state index in [1.807, 2.05) is 0 Å². The molecular weight excluding hydrogens is 378 g/mol. The van der Waals surface area contributed by atoms with Crippen molar-refractivity contribution in [3.05, 3.63) is 55.6 Å². The predicted molar refractivity (Wildman–Crippen MR) is 139 cm³/mol. The van der Waals surface area contributed by atoms with Gasteiger partial charge in [-0.3, -0.25) is 0 Å². The van der Waals surface area contributed by atoms with Gasteiger partial charge in [-0.25, -0.2) is 0 Å². The number of nitrogens with one attached hydrogen (secondary N) is 3. The highest BCUT2D eigenvalue weighted by atomic mass is 15.0. The topological polar surface area (TPSA) is 36.1 Å². The summed E-state index contributed by atoms with van der Waals surface area (Å²) in [4.78, 5) is 0. The quantitative estimate of drug-likeness (QED) is 0.415. The minimum atomic E-state index is -0.00352. The molecule has 0 aliphatic rings. The molecule has 0 heterocycles. The second-order valence-electron chi connectivity index (χ2n) is 10.1. The molecule has 3 nitrogen and oxygen atoms in total. The highest BCUT2D eigenvalue weighted by Crippen LogP contribution is 2.31. The standard InChI is InChI=1S/C28H45N3/c1-16-18(3)22(7)26(23(8)19(16)4)29-13-14-31-28(11,12)15-30-27-24(9)20(5)17(2)21(6)25(27)10/h29-31H,13-15H2,1-12H3. The predicted octanol–water partition coefficient (Wildman–Crippen LogP) is 6.66. The summed E-state index contributed by atoms with van der Waals surface area (Å²) in [6, 6.07) is 0. The third-order valence-corrected chi connectivity index (χ3v) is 7.74. The maximum atomic E-state index is 3.75. The van der Waals surface area contributed by atoms with Gasteiger partial charge in [0.25, 0.3) is 0 Å². The third kappa shape index (κ3) is 5.26. The van der Waals surface area contributed by atoms with E-state index in [9.17, 15) is 0 Å². The van der Waals surface area contributed by atoms with E-state index in [0.29, 0.717) is 0 Å². The van der Waals surface area contributed by atoms with Gasteiger partial charge in [0, 0.05) is 36.5 Å². The Morgan fingerprint density at radius 2 is 0.774 bits per heavy atom. The lowest BCUT2D eigenvalue weighted by Gasteiger charge is -2.29. The summed E-state index contributed by atoms with van der Waals surface area (Å²) in [6.07, 6.45) is 0. The minimum Gasteiger partial charge on any atom is -0.383 e. The molecule has 0 spiro atoms. The van der Waals surface area contributed by atoms with E-state index in [1.165, 1.54) is 67.0 Å². The Morgan fingerprint density at radius 3 is 1.16 bits per heavy atom. The first-order chi connectivity index (χ1) is 14.3. The van der Waals surface area contributed by atoms with Crippen molar-refractivity contribution < 1.29 is 0 Å². The number of rotatable bonds is 8. The van der Waals surface area contributed by atoms with E-state index in [2.05, 4.69) is 99.0 Å². The van der Waals surface area contributed by atoms with Crippen LogP contribution in [0.1, 0.15) is 69.5 Å².